The summed E-state index contributed by atoms with van der Waals surface area (Å²) in [5, 5.41) is 14.0. The number of hydrogen-bond acceptors (Lipinski definition) is 2. The van der Waals surface area contributed by atoms with E-state index in [1.54, 1.807) is 0 Å². The average Bonchev–Trinajstić information content (AvgIpc) is 2.62. The van der Waals surface area contributed by atoms with Gasteiger partial charge >= 0.3 is 6.03 Å². The molecule has 4 heteroatoms. The van der Waals surface area contributed by atoms with Crippen LogP contribution in [0, 0.1) is 0 Å². The Morgan fingerprint density at radius 3 is 1.36 bits per heavy atom. The van der Waals surface area contributed by atoms with Gasteiger partial charge in [0.15, 0.2) is 0 Å². The summed E-state index contributed by atoms with van der Waals surface area (Å²) in [4.78, 5) is 11.2. The first-order valence-electron chi connectivity index (χ1n) is 10.9. The van der Waals surface area contributed by atoms with Gasteiger partial charge in [-0.05, 0) is 6.42 Å². The molecule has 0 rings (SSSR count). The molecule has 3 N–H and O–H groups in total. The lowest BCUT2D eigenvalue weighted by Gasteiger charge is -2.06. The molecule has 0 unspecified atom stereocenters. The van der Waals surface area contributed by atoms with Crippen LogP contribution in [0.3, 0.4) is 0 Å². The summed E-state index contributed by atoms with van der Waals surface area (Å²) >= 11 is 0. The van der Waals surface area contributed by atoms with Gasteiger partial charge in [0.1, 0.15) is 0 Å². The summed E-state index contributed by atoms with van der Waals surface area (Å²) in [6.07, 6.45) is 21.8. The second-order valence-corrected chi connectivity index (χ2v) is 7.21. The van der Waals surface area contributed by atoms with E-state index in [0.717, 1.165) is 13.0 Å². The van der Waals surface area contributed by atoms with Crippen molar-refractivity contribution in [3.05, 3.63) is 0 Å². The normalized spacial score (nSPS) is 10.8. The first-order chi connectivity index (χ1) is 12.3. The standard InChI is InChI=1S/C21H44N2O2/c1-2-3-4-5-6-7-8-9-10-11-12-13-14-15-16-17-18-22-21(25)23-19-20-24/h24H,2-20H2,1H3,(H2,22,23,25). The van der Waals surface area contributed by atoms with E-state index in [4.69, 9.17) is 5.11 Å². The minimum Gasteiger partial charge on any atom is -0.395 e. The van der Waals surface area contributed by atoms with E-state index in [1.165, 1.54) is 96.3 Å². The maximum absolute atomic E-state index is 11.2. The third-order valence-corrected chi connectivity index (χ3v) is 4.71. The van der Waals surface area contributed by atoms with Gasteiger partial charge in [0.05, 0.1) is 6.61 Å². The lowest BCUT2D eigenvalue weighted by atomic mass is 10.0. The van der Waals surface area contributed by atoms with Crippen LogP contribution in [0.15, 0.2) is 0 Å². The summed E-state index contributed by atoms with van der Waals surface area (Å²) in [5.41, 5.74) is 0. The third-order valence-electron chi connectivity index (χ3n) is 4.71. The lowest BCUT2D eigenvalue weighted by Crippen LogP contribution is -2.37. The molecule has 0 aliphatic carbocycles. The summed E-state index contributed by atoms with van der Waals surface area (Å²) in [5.74, 6) is 0. The third kappa shape index (κ3) is 21.2. The van der Waals surface area contributed by atoms with E-state index in [9.17, 15) is 4.79 Å². The molecular formula is C21H44N2O2. The fourth-order valence-corrected chi connectivity index (χ4v) is 3.11. The molecule has 4 nitrogen and oxygen atoms in total. The number of nitrogens with one attached hydrogen (secondary N) is 2. The highest BCUT2D eigenvalue weighted by atomic mass is 16.3. The van der Waals surface area contributed by atoms with E-state index in [2.05, 4.69) is 17.6 Å². The summed E-state index contributed by atoms with van der Waals surface area (Å²) in [6, 6.07) is -0.171. The van der Waals surface area contributed by atoms with Crippen LogP contribution in [0.1, 0.15) is 110 Å². The van der Waals surface area contributed by atoms with Crippen LogP contribution in [-0.4, -0.2) is 30.8 Å². The minimum absolute atomic E-state index is 0.00747. The molecule has 0 aliphatic rings. The zero-order chi connectivity index (χ0) is 18.4. The number of urea groups is 1. The van der Waals surface area contributed by atoms with Gasteiger partial charge in [0, 0.05) is 13.1 Å². The molecule has 150 valence electrons. The number of unbranched alkanes of at least 4 members (excludes halogenated alkanes) is 15. The van der Waals surface area contributed by atoms with Crippen molar-refractivity contribution in [2.45, 2.75) is 110 Å². The predicted octanol–water partition coefficient (Wildman–Crippen LogP) is 5.54. The Morgan fingerprint density at radius 2 is 0.960 bits per heavy atom. The molecule has 0 fully saturated rings. The van der Waals surface area contributed by atoms with E-state index in [-0.39, 0.29) is 12.6 Å². The molecule has 0 aromatic rings. The Kier molecular flexibility index (Phi) is 20.6. The van der Waals surface area contributed by atoms with Crippen LogP contribution >= 0.6 is 0 Å². The molecule has 0 aliphatic heterocycles. The highest BCUT2D eigenvalue weighted by Gasteiger charge is 1.98. The van der Waals surface area contributed by atoms with Crippen molar-refractivity contribution in [2.24, 2.45) is 0 Å². The molecule has 2 amide bonds. The highest BCUT2D eigenvalue weighted by Crippen LogP contribution is 2.13. The molecule has 0 aromatic carbocycles. The topological polar surface area (TPSA) is 61.4 Å². The summed E-state index contributed by atoms with van der Waals surface area (Å²) in [6.45, 7) is 3.33. The molecular weight excluding hydrogens is 312 g/mol. The zero-order valence-electron chi connectivity index (χ0n) is 16.8. The highest BCUT2D eigenvalue weighted by molar-refractivity contribution is 5.73. The van der Waals surface area contributed by atoms with Crippen molar-refractivity contribution in [1.82, 2.24) is 10.6 Å². The van der Waals surface area contributed by atoms with Gasteiger partial charge in [-0.3, -0.25) is 0 Å². The van der Waals surface area contributed by atoms with E-state index in [0.29, 0.717) is 6.54 Å². The number of aliphatic hydroxyl groups is 1. The Bertz CT molecular complexity index is 273. The number of rotatable bonds is 19. The van der Waals surface area contributed by atoms with Gasteiger partial charge in [0.2, 0.25) is 0 Å². The number of carbonyl (C=O) groups is 1. The molecule has 0 radical (unpaired) electrons. The van der Waals surface area contributed by atoms with E-state index >= 15 is 0 Å². The van der Waals surface area contributed by atoms with Crippen molar-refractivity contribution in [2.75, 3.05) is 19.7 Å². The monoisotopic (exact) mass is 356 g/mol. The fraction of sp³-hybridized carbons (Fsp3) is 0.952. The quantitative estimate of drug-likeness (QED) is 0.266. The predicted molar refractivity (Wildman–Crippen MR) is 108 cm³/mol. The second-order valence-electron chi connectivity index (χ2n) is 7.21. The van der Waals surface area contributed by atoms with Crippen LogP contribution in [-0.2, 0) is 0 Å². The Balaban J connectivity index is 3.04. The maximum Gasteiger partial charge on any atom is 0.314 e. The van der Waals surface area contributed by atoms with Crippen LogP contribution < -0.4 is 10.6 Å². The lowest BCUT2D eigenvalue weighted by molar-refractivity contribution is 0.234. The molecule has 0 saturated carbocycles. The molecule has 0 aromatic heterocycles. The summed E-state index contributed by atoms with van der Waals surface area (Å²) < 4.78 is 0. The van der Waals surface area contributed by atoms with Gasteiger partial charge in [-0.25, -0.2) is 4.79 Å². The van der Waals surface area contributed by atoms with Crippen molar-refractivity contribution < 1.29 is 9.90 Å². The first kappa shape index (κ1) is 24.2. The molecule has 0 spiro atoms. The van der Waals surface area contributed by atoms with Crippen molar-refractivity contribution >= 4 is 6.03 Å². The van der Waals surface area contributed by atoms with Crippen molar-refractivity contribution in [1.29, 1.82) is 0 Å². The number of amides is 2. The van der Waals surface area contributed by atoms with Gasteiger partial charge < -0.3 is 15.7 Å². The smallest absolute Gasteiger partial charge is 0.314 e. The maximum atomic E-state index is 11.2. The van der Waals surface area contributed by atoms with Crippen LogP contribution in [0.5, 0.6) is 0 Å². The van der Waals surface area contributed by atoms with Crippen LogP contribution in [0.2, 0.25) is 0 Å². The molecule has 0 bridgehead atoms. The molecule has 0 atom stereocenters. The van der Waals surface area contributed by atoms with Gasteiger partial charge in [0.25, 0.3) is 0 Å². The Morgan fingerprint density at radius 1 is 0.600 bits per heavy atom. The van der Waals surface area contributed by atoms with Crippen LogP contribution in [0.25, 0.3) is 0 Å². The van der Waals surface area contributed by atoms with E-state index < -0.39 is 0 Å². The first-order valence-corrected chi connectivity index (χ1v) is 10.9. The van der Waals surface area contributed by atoms with E-state index in [1.807, 2.05) is 0 Å². The average molecular weight is 357 g/mol. The number of hydrogen-bond donors (Lipinski definition) is 3. The minimum atomic E-state index is -0.171. The van der Waals surface area contributed by atoms with Gasteiger partial charge in [-0.2, -0.15) is 0 Å². The number of aliphatic hydroxyl groups excluding tert-OH is 1. The SMILES string of the molecule is CCCCCCCCCCCCCCCCCCNC(=O)NCCO. The van der Waals surface area contributed by atoms with Crippen molar-refractivity contribution in [3.8, 4) is 0 Å². The van der Waals surface area contributed by atoms with Crippen molar-refractivity contribution in [3.63, 3.8) is 0 Å². The fourth-order valence-electron chi connectivity index (χ4n) is 3.11. The molecule has 0 saturated heterocycles. The van der Waals surface area contributed by atoms with Gasteiger partial charge in [-0.1, -0.05) is 103 Å². The van der Waals surface area contributed by atoms with Gasteiger partial charge in [-0.15, -0.1) is 0 Å². The Hall–Kier alpha value is -0.770. The largest absolute Gasteiger partial charge is 0.395 e. The zero-order valence-corrected chi connectivity index (χ0v) is 16.8. The molecule has 25 heavy (non-hydrogen) atoms. The number of carbonyl (C=O) groups excluding carboxylic acids is 1. The van der Waals surface area contributed by atoms with Crippen LogP contribution in [0.4, 0.5) is 4.79 Å². The Labute approximate surface area is 156 Å². The molecule has 0 heterocycles. The summed E-state index contributed by atoms with van der Waals surface area (Å²) in [7, 11) is 0. The second kappa shape index (κ2) is 21.3.